The van der Waals surface area contributed by atoms with E-state index in [4.69, 9.17) is 5.26 Å². The molecular weight excluding hydrogens is 585 g/mol. The van der Waals surface area contributed by atoms with Crippen LogP contribution in [0.1, 0.15) is 11.4 Å². The van der Waals surface area contributed by atoms with Crippen molar-refractivity contribution in [3.8, 4) is 67.8 Å². The molecule has 222 valence electrons. The summed E-state index contributed by atoms with van der Waals surface area (Å²) in [7, 11) is 0. The third-order valence-electron chi connectivity index (χ3n) is 8.90. The van der Waals surface area contributed by atoms with Crippen molar-refractivity contribution in [1.82, 2.24) is 9.97 Å². The normalized spacial score (nSPS) is 10.9. The van der Waals surface area contributed by atoms with Gasteiger partial charge in [0.15, 0.2) is 0 Å². The van der Waals surface area contributed by atoms with Crippen molar-refractivity contribution in [3.05, 3.63) is 169 Å². The molecule has 4 heteroatoms. The molecule has 8 aromatic rings. The van der Waals surface area contributed by atoms with E-state index in [1.165, 1.54) is 38.2 Å². The third kappa shape index (κ3) is 5.14. The van der Waals surface area contributed by atoms with Gasteiger partial charge in [0.25, 0.3) is 0 Å². The molecule has 0 amide bonds. The molecule has 0 fully saturated rings. The highest BCUT2D eigenvalue weighted by atomic mass is 14.7. The monoisotopic (exact) mass is 610 g/mol. The Morgan fingerprint density at radius 1 is 0.333 bits per heavy atom. The van der Waals surface area contributed by atoms with Gasteiger partial charge in [0.05, 0.1) is 0 Å². The lowest BCUT2D eigenvalue weighted by molar-refractivity contribution is 1.26. The molecule has 0 atom stereocenters. The van der Waals surface area contributed by atoms with Gasteiger partial charge in [0.1, 0.15) is 23.5 Å². The van der Waals surface area contributed by atoms with Crippen LogP contribution in [0.5, 0.6) is 0 Å². The number of hydrogen-bond acceptors (Lipinski definition) is 4. The van der Waals surface area contributed by atoms with Crippen LogP contribution in [-0.4, -0.2) is 9.97 Å². The van der Waals surface area contributed by atoms with E-state index in [1.54, 1.807) is 24.5 Å². The van der Waals surface area contributed by atoms with Crippen LogP contribution in [0.4, 0.5) is 0 Å². The summed E-state index contributed by atoms with van der Waals surface area (Å²) < 4.78 is 0. The van der Waals surface area contributed by atoms with Gasteiger partial charge in [-0.3, -0.25) is 0 Å². The van der Waals surface area contributed by atoms with Crippen molar-refractivity contribution in [2.24, 2.45) is 0 Å². The van der Waals surface area contributed by atoms with Crippen molar-refractivity contribution < 1.29 is 0 Å². The molecule has 0 unspecified atom stereocenters. The summed E-state index contributed by atoms with van der Waals surface area (Å²) in [5.41, 5.74) is 11.8. The molecule has 48 heavy (non-hydrogen) atoms. The standard InChI is InChI=1S/C44H26N4/c45-25-37-21-18-35(27-47-37)30-10-14-32(15-11-30)43-39-8-4-5-9-40(39)44(42-24-34(20-23-41(42)43)29-6-2-1-3-7-29)33-16-12-31(13-17-33)36-19-22-38(26-46)48-28-36/h1-24,27-28H. The Hall–Kier alpha value is -6.88. The number of hydrogen-bond donors (Lipinski definition) is 0. The van der Waals surface area contributed by atoms with Crippen molar-refractivity contribution in [3.63, 3.8) is 0 Å². The summed E-state index contributed by atoms with van der Waals surface area (Å²) in [6.07, 6.45) is 3.50. The minimum atomic E-state index is 0.406. The second-order valence-corrected chi connectivity index (χ2v) is 11.7. The van der Waals surface area contributed by atoms with E-state index in [0.29, 0.717) is 11.4 Å². The van der Waals surface area contributed by atoms with Crippen LogP contribution in [0.3, 0.4) is 0 Å². The summed E-state index contributed by atoms with van der Waals surface area (Å²) in [6.45, 7) is 0. The molecule has 6 aromatic carbocycles. The number of nitrogens with zero attached hydrogens (tertiary/aromatic N) is 4. The molecule has 0 bridgehead atoms. The second-order valence-electron chi connectivity index (χ2n) is 11.7. The fourth-order valence-corrected chi connectivity index (χ4v) is 6.53. The van der Waals surface area contributed by atoms with Gasteiger partial charge in [-0.15, -0.1) is 0 Å². The SMILES string of the molecule is N#Cc1ccc(-c2ccc(-c3c4ccccc4c(-c4ccc(-c5ccc(C#N)nc5)cc4)c4cc(-c5ccccc5)ccc34)cc2)cn1. The number of pyridine rings is 2. The predicted molar refractivity (Wildman–Crippen MR) is 194 cm³/mol. The minimum absolute atomic E-state index is 0.406. The number of fused-ring (bicyclic) bond motifs is 2. The largest absolute Gasteiger partial charge is 0.245 e. The zero-order valence-electron chi connectivity index (χ0n) is 25.8. The first kappa shape index (κ1) is 28.6. The highest BCUT2D eigenvalue weighted by molar-refractivity contribution is 6.22. The smallest absolute Gasteiger partial charge is 0.140 e. The summed E-state index contributed by atoms with van der Waals surface area (Å²) in [5.74, 6) is 0. The lowest BCUT2D eigenvalue weighted by atomic mass is 9.84. The molecule has 8 rings (SSSR count). The van der Waals surface area contributed by atoms with E-state index >= 15 is 0 Å². The quantitative estimate of drug-likeness (QED) is 0.182. The van der Waals surface area contributed by atoms with Gasteiger partial charge in [0.2, 0.25) is 0 Å². The lowest BCUT2D eigenvalue weighted by Gasteiger charge is -2.19. The molecule has 0 saturated carbocycles. The van der Waals surface area contributed by atoms with Crippen LogP contribution in [0.2, 0.25) is 0 Å². The van der Waals surface area contributed by atoms with Crippen LogP contribution in [0.15, 0.2) is 158 Å². The van der Waals surface area contributed by atoms with Crippen molar-refractivity contribution in [2.45, 2.75) is 0 Å². The molecular formula is C44H26N4. The Kier molecular flexibility index (Phi) is 7.23. The first-order valence-corrected chi connectivity index (χ1v) is 15.7. The summed E-state index contributed by atoms with van der Waals surface area (Å²) in [6, 6.07) is 54.8. The van der Waals surface area contributed by atoms with Crippen LogP contribution in [0.25, 0.3) is 77.2 Å². The maximum Gasteiger partial charge on any atom is 0.140 e. The zero-order chi connectivity index (χ0) is 32.5. The van der Waals surface area contributed by atoms with Crippen LogP contribution < -0.4 is 0 Å². The van der Waals surface area contributed by atoms with Crippen molar-refractivity contribution in [2.75, 3.05) is 0 Å². The number of nitriles is 2. The Labute approximate surface area is 278 Å². The topological polar surface area (TPSA) is 73.4 Å². The zero-order valence-corrected chi connectivity index (χ0v) is 25.8. The average molecular weight is 611 g/mol. The summed E-state index contributed by atoms with van der Waals surface area (Å²) in [4.78, 5) is 8.53. The Balaban J connectivity index is 1.33. The first-order chi connectivity index (χ1) is 23.7. The molecule has 2 heterocycles. The third-order valence-corrected chi connectivity index (χ3v) is 8.90. The molecule has 4 nitrogen and oxygen atoms in total. The van der Waals surface area contributed by atoms with Gasteiger partial charge in [-0.05, 0) is 96.4 Å². The number of aromatic nitrogens is 2. The van der Waals surface area contributed by atoms with Gasteiger partial charge in [-0.1, -0.05) is 115 Å². The summed E-state index contributed by atoms with van der Waals surface area (Å²) >= 11 is 0. The fraction of sp³-hybridized carbons (Fsp3) is 0. The lowest BCUT2D eigenvalue weighted by Crippen LogP contribution is -1.92. The van der Waals surface area contributed by atoms with Crippen LogP contribution in [-0.2, 0) is 0 Å². The first-order valence-electron chi connectivity index (χ1n) is 15.7. The van der Waals surface area contributed by atoms with E-state index < -0.39 is 0 Å². The highest BCUT2D eigenvalue weighted by Gasteiger charge is 2.18. The van der Waals surface area contributed by atoms with E-state index in [0.717, 1.165) is 38.9 Å². The molecule has 2 aromatic heterocycles. The Bertz CT molecular complexity index is 2520. The number of rotatable bonds is 5. The van der Waals surface area contributed by atoms with E-state index in [2.05, 4.69) is 137 Å². The maximum absolute atomic E-state index is 9.17. The van der Waals surface area contributed by atoms with Gasteiger partial charge >= 0.3 is 0 Å². The van der Waals surface area contributed by atoms with E-state index in [1.807, 2.05) is 18.2 Å². The molecule has 0 aliphatic heterocycles. The Morgan fingerprint density at radius 3 is 1.21 bits per heavy atom. The minimum Gasteiger partial charge on any atom is -0.245 e. The van der Waals surface area contributed by atoms with Crippen LogP contribution >= 0.6 is 0 Å². The summed E-state index contributed by atoms with van der Waals surface area (Å²) in [5, 5.41) is 23.0. The van der Waals surface area contributed by atoms with Crippen molar-refractivity contribution >= 4 is 21.5 Å². The van der Waals surface area contributed by atoms with Crippen LogP contribution in [0, 0.1) is 22.7 Å². The molecule has 0 N–H and O–H groups in total. The molecule has 0 aliphatic carbocycles. The van der Waals surface area contributed by atoms with E-state index in [-0.39, 0.29) is 0 Å². The average Bonchev–Trinajstić information content (AvgIpc) is 3.17. The Morgan fingerprint density at radius 2 is 0.729 bits per heavy atom. The van der Waals surface area contributed by atoms with E-state index in [9.17, 15) is 5.26 Å². The van der Waals surface area contributed by atoms with Crippen molar-refractivity contribution in [1.29, 1.82) is 10.5 Å². The molecule has 0 spiro atoms. The number of benzene rings is 6. The molecule has 0 radical (unpaired) electrons. The van der Waals surface area contributed by atoms with Gasteiger partial charge in [-0.25, -0.2) is 9.97 Å². The maximum atomic E-state index is 9.17. The van der Waals surface area contributed by atoms with Gasteiger partial charge in [-0.2, -0.15) is 10.5 Å². The molecule has 0 saturated heterocycles. The second kappa shape index (κ2) is 12.1. The fourth-order valence-electron chi connectivity index (χ4n) is 6.53. The molecule has 0 aliphatic rings. The predicted octanol–water partition coefficient (Wildman–Crippen LogP) is 10.9. The van der Waals surface area contributed by atoms with Gasteiger partial charge in [0, 0.05) is 23.5 Å². The van der Waals surface area contributed by atoms with Gasteiger partial charge < -0.3 is 0 Å². The highest BCUT2D eigenvalue weighted by Crippen LogP contribution is 2.45.